The van der Waals surface area contributed by atoms with Crippen molar-refractivity contribution in [2.75, 3.05) is 12.7 Å². The highest BCUT2D eigenvalue weighted by molar-refractivity contribution is 6.58. The lowest BCUT2D eigenvalue weighted by molar-refractivity contribution is -0.277. The van der Waals surface area contributed by atoms with Gasteiger partial charge in [-0.3, -0.25) is 14.7 Å². The largest absolute Gasteiger partial charge is 0.445 e. The quantitative estimate of drug-likeness (QED) is 0.123. The minimum Gasteiger partial charge on any atom is -0.445 e. The number of halogens is 2. The first kappa shape index (κ1) is 38.2. The van der Waals surface area contributed by atoms with E-state index in [1.807, 2.05) is 67.6 Å². The second-order valence-electron chi connectivity index (χ2n) is 14.1. The van der Waals surface area contributed by atoms with E-state index in [0.717, 1.165) is 22.8 Å². The van der Waals surface area contributed by atoms with Gasteiger partial charge >= 0.3 is 18.3 Å². The van der Waals surface area contributed by atoms with Crippen LogP contribution in [0.5, 0.6) is 0 Å². The fourth-order valence-corrected chi connectivity index (χ4v) is 8.58. The molecule has 2 aromatic carbocycles. The Balaban J connectivity index is 1.34. The molecular formula is C38H48F2N3O7Si. The van der Waals surface area contributed by atoms with Gasteiger partial charge in [0.25, 0.3) is 0 Å². The summed E-state index contributed by atoms with van der Waals surface area (Å²) >= 11 is 0. The molecule has 2 aliphatic heterocycles. The minimum absolute atomic E-state index is 0.0660. The molecule has 13 heteroatoms. The van der Waals surface area contributed by atoms with Gasteiger partial charge in [-0.1, -0.05) is 66.7 Å². The molecule has 275 valence electrons. The van der Waals surface area contributed by atoms with Crippen LogP contribution in [0.15, 0.2) is 89.6 Å². The molecule has 0 aromatic heterocycles. The van der Waals surface area contributed by atoms with Gasteiger partial charge in [-0.2, -0.15) is 8.78 Å². The maximum Gasteiger partial charge on any atom is 0.425 e. The van der Waals surface area contributed by atoms with Crippen molar-refractivity contribution in [3.05, 3.63) is 95.8 Å². The van der Waals surface area contributed by atoms with Gasteiger partial charge in [-0.05, 0) is 76.1 Å². The summed E-state index contributed by atoms with van der Waals surface area (Å²) < 4.78 is 52.7. The fourth-order valence-electron chi connectivity index (χ4n) is 6.17. The molecule has 5 rings (SSSR count). The van der Waals surface area contributed by atoms with E-state index in [-0.39, 0.29) is 25.3 Å². The Hall–Kier alpha value is -4.07. The molecule has 1 atom stereocenters. The number of carbonyl (C=O) groups excluding carboxylic acids is 2. The van der Waals surface area contributed by atoms with E-state index in [1.165, 1.54) is 4.73 Å². The number of carbonyl (C=O) groups is 2. The van der Waals surface area contributed by atoms with E-state index in [1.54, 1.807) is 25.7 Å². The number of aliphatic imine (C=N–C) groups is 1. The molecule has 2 fully saturated rings. The van der Waals surface area contributed by atoms with E-state index in [2.05, 4.69) is 6.58 Å². The van der Waals surface area contributed by atoms with Crippen molar-refractivity contribution in [2.45, 2.75) is 103 Å². The third-order valence-electron chi connectivity index (χ3n) is 8.79. The molecule has 1 saturated heterocycles. The lowest BCUT2D eigenvalue weighted by Gasteiger charge is -2.42. The Morgan fingerprint density at radius 3 is 2.33 bits per heavy atom. The van der Waals surface area contributed by atoms with E-state index >= 15 is 0 Å². The molecule has 0 bridgehead atoms. The van der Waals surface area contributed by atoms with E-state index < -0.39 is 51.4 Å². The summed E-state index contributed by atoms with van der Waals surface area (Å²) in [5.74, 6) is 0.950. The van der Waals surface area contributed by atoms with Crippen molar-refractivity contribution in [1.82, 2.24) is 9.63 Å². The van der Waals surface area contributed by atoms with Crippen LogP contribution in [-0.4, -0.2) is 73.2 Å². The molecule has 2 heterocycles. The summed E-state index contributed by atoms with van der Waals surface area (Å²) in [7, 11) is -1.90. The van der Waals surface area contributed by atoms with Crippen molar-refractivity contribution in [3.63, 3.8) is 0 Å². The van der Waals surface area contributed by atoms with E-state index in [4.69, 9.17) is 28.8 Å². The second-order valence-corrected chi connectivity index (χ2v) is 16.4. The molecule has 2 aromatic rings. The first-order valence-electron chi connectivity index (χ1n) is 17.4. The summed E-state index contributed by atoms with van der Waals surface area (Å²) in [5, 5.41) is 0. The molecular weight excluding hydrogens is 677 g/mol. The summed E-state index contributed by atoms with van der Waals surface area (Å²) in [6, 6.07) is 18.9. The average Bonchev–Trinajstić information content (AvgIpc) is 3.26. The zero-order chi connectivity index (χ0) is 36.6. The predicted molar refractivity (Wildman–Crippen MR) is 190 cm³/mol. The normalized spacial score (nSPS) is 21.5. The minimum atomic E-state index is -3.26. The predicted octanol–water partition coefficient (Wildman–Crippen LogP) is 8.35. The third kappa shape index (κ3) is 10.7. The molecule has 0 N–H and O–H groups in total. The zero-order valence-electron chi connectivity index (χ0n) is 29.8. The van der Waals surface area contributed by atoms with Crippen LogP contribution >= 0.6 is 0 Å². The Bertz CT molecular complexity index is 1560. The SMILES string of the molecule is C=CCC(F)(F)OC1CC(C2=C(C)CCN=C([C@H]3CC[Si](N(OCc4ccccc4)C(=O)OCc4ccccc4)CN3C(=O)OC(C)(C)C)O2)C1. The highest BCUT2D eigenvalue weighted by Crippen LogP contribution is 2.42. The average molecular weight is 725 g/mol. The number of amides is 2. The van der Waals surface area contributed by atoms with Gasteiger partial charge in [0, 0.05) is 18.6 Å². The number of benzene rings is 2. The molecule has 2 amide bonds. The van der Waals surface area contributed by atoms with Gasteiger partial charge in [0.2, 0.25) is 14.9 Å². The lowest BCUT2D eigenvalue weighted by Crippen LogP contribution is -2.60. The van der Waals surface area contributed by atoms with Gasteiger partial charge in [-0.25, -0.2) is 14.3 Å². The van der Waals surface area contributed by atoms with Gasteiger partial charge in [0.15, 0.2) is 0 Å². The Morgan fingerprint density at radius 1 is 1.06 bits per heavy atom. The number of hydrogen-bond donors (Lipinski definition) is 0. The second kappa shape index (κ2) is 17.0. The van der Waals surface area contributed by atoms with Crippen LogP contribution in [0.1, 0.15) is 70.9 Å². The van der Waals surface area contributed by atoms with Crippen LogP contribution in [0.25, 0.3) is 0 Å². The van der Waals surface area contributed by atoms with Gasteiger partial charge < -0.3 is 18.9 Å². The number of allylic oxidation sites excluding steroid dienone is 1. The Labute approximate surface area is 300 Å². The first-order chi connectivity index (χ1) is 24.3. The molecule has 51 heavy (non-hydrogen) atoms. The monoisotopic (exact) mass is 724 g/mol. The summed E-state index contributed by atoms with van der Waals surface area (Å²) in [6.07, 6.45) is -2.44. The zero-order valence-corrected chi connectivity index (χ0v) is 30.8. The first-order valence-corrected chi connectivity index (χ1v) is 19.3. The molecule has 0 spiro atoms. The van der Waals surface area contributed by atoms with Crippen LogP contribution in [0.2, 0.25) is 6.04 Å². The summed E-state index contributed by atoms with van der Waals surface area (Å²) in [4.78, 5) is 40.1. The number of nitrogens with zero attached hydrogens (tertiary/aromatic N) is 3. The highest BCUT2D eigenvalue weighted by Gasteiger charge is 2.46. The van der Waals surface area contributed by atoms with Crippen molar-refractivity contribution >= 4 is 27.0 Å². The van der Waals surface area contributed by atoms with Gasteiger partial charge in [0.1, 0.15) is 24.0 Å². The smallest absolute Gasteiger partial charge is 0.425 e. The summed E-state index contributed by atoms with van der Waals surface area (Å²) in [6.45, 7) is 11.4. The van der Waals surface area contributed by atoms with Crippen LogP contribution in [-0.2, 0) is 37.0 Å². The van der Waals surface area contributed by atoms with Crippen molar-refractivity contribution < 1.29 is 42.2 Å². The number of hydroxylamine groups is 1. The number of rotatable bonds is 12. The standard InChI is InChI=1S/C38H48F2N3O7Si/c1-6-19-38(39,40)49-31-22-30(23-31)33-27(2)17-20-41-34(48-33)32-18-21-51(26-42(32)35(44)50-37(3,4)5)43(47-25-29-15-11-8-12-16-29)36(45)46-24-28-13-9-7-10-14-28/h6-16,30-32H,1,17-26H2,2-5H3/t30?,31?,32-/m1/s1. The maximum atomic E-state index is 14.1. The molecule has 3 aliphatic rings. The lowest BCUT2D eigenvalue weighted by atomic mass is 9.79. The van der Waals surface area contributed by atoms with Crippen LogP contribution < -0.4 is 0 Å². The van der Waals surface area contributed by atoms with E-state index in [0.29, 0.717) is 49.9 Å². The maximum absolute atomic E-state index is 14.1. The van der Waals surface area contributed by atoms with Crippen molar-refractivity contribution in [3.8, 4) is 0 Å². The number of alkyl halides is 2. The van der Waals surface area contributed by atoms with Crippen LogP contribution in [0.3, 0.4) is 0 Å². The molecule has 1 radical (unpaired) electrons. The molecule has 0 unspecified atom stereocenters. The van der Waals surface area contributed by atoms with Gasteiger partial charge in [-0.15, -0.1) is 6.58 Å². The molecule has 1 aliphatic carbocycles. The summed E-state index contributed by atoms with van der Waals surface area (Å²) in [5.41, 5.74) is 1.92. The van der Waals surface area contributed by atoms with Gasteiger partial charge in [0.05, 0.1) is 19.1 Å². The van der Waals surface area contributed by atoms with E-state index in [9.17, 15) is 18.4 Å². The highest BCUT2D eigenvalue weighted by atomic mass is 28.3. The van der Waals surface area contributed by atoms with Crippen molar-refractivity contribution in [2.24, 2.45) is 10.9 Å². The van der Waals surface area contributed by atoms with Crippen molar-refractivity contribution in [1.29, 1.82) is 0 Å². The third-order valence-corrected chi connectivity index (χ3v) is 11.2. The van der Waals surface area contributed by atoms with Crippen LogP contribution in [0, 0.1) is 5.92 Å². The topological polar surface area (TPSA) is 99.1 Å². The Kier molecular flexibility index (Phi) is 12.7. The van der Waals surface area contributed by atoms with Crippen LogP contribution in [0.4, 0.5) is 18.4 Å². The Morgan fingerprint density at radius 2 is 1.71 bits per heavy atom. The number of hydrogen-bond acceptors (Lipinski definition) is 8. The molecule has 1 saturated carbocycles. The number of ether oxygens (including phenoxy) is 4. The molecule has 10 nitrogen and oxygen atoms in total. The fraction of sp³-hybridized carbons (Fsp3) is 0.500.